The summed E-state index contributed by atoms with van der Waals surface area (Å²) in [7, 11) is 0. The van der Waals surface area contributed by atoms with Gasteiger partial charge in [-0.15, -0.1) is 0 Å². The molecule has 0 aromatic heterocycles. The van der Waals surface area contributed by atoms with Crippen molar-refractivity contribution in [3.63, 3.8) is 0 Å². The zero-order valence-corrected chi connectivity index (χ0v) is 7.40. The van der Waals surface area contributed by atoms with Gasteiger partial charge in [0.2, 0.25) is 0 Å². The highest BCUT2D eigenvalue weighted by atomic mass is 15.2. The number of allylic oxidation sites excluding steroid dienone is 1. The van der Waals surface area contributed by atoms with Crippen LogP contribution in [0.25, 0.3) is 0 Å². The van der Waals surface area contributed by atoms with E-state index in [9.17, 15) is 0 Å². The normalized spacial score (nSPS) is 32.3. The number of nitrogens with zero attached hydrogens (tertiary/aromatic N) is 1. The van der Waals surface area contributed by atoms with Crippen molar-refractivity contribution in [2.45, 2.75) is 18.4 Å². The minimum atomic E-state index is 0.630. The Morgan fingerprint density at radius 1 is 1.15 bits per heavy atom. The van der Waals surface area contributed by atoms with Crippen LogP contribution >= 0.6 is 0 Å². The van der Waals surface area contributed by atoms with Crippen molar-refractivity contribution in [2.24, 2.45) is 0 Å². The van der Waals surface area contributed by atoms with Crippen LogP contribution < -0.4 is 0 Å². The van der Waals surface area contributed by atoms with Crippen molar-refractivity contribution >= 4 is 0 Å². The molecule has 2 atom stereocenters. The van der Waals surface area contributed by atoms with Gasteiger partial charge in [0.25, 0.3) is 0 Å². The highest BCUT2D eigenvalue weighted by Gasteiger charge is 2.44. The molecule has 4 rings (SSSR count). The lowest BCUT2D eigenvalue weighted by atomic mass is 9.88. The Bertz CT molecular complexity index is 419. The fourth-order valence-corrected chi connectivity index (χ4v) is 3.05. The quantitative estimate of drug-likeness (QED) is 0.576. The van der Waals surface area contributed by atoms with Gasteiger partial charge in [-0.05, 0) is 23.6 Å². The zero-order chi connectivity index (χ0) is 8.41. The molecule has 1 nitrogen and oxygen atoms in total. The summed E-state index contributed by atoms with van der Waals surface area (Å²) in [4.78, 5) is 2.56. The molecule has 3 heterocycles. The fourth-order valence-electron chi connectivity index (χ4n) is 3.05. The minimum absolute atomic E-state index is 0.630. The Hall–Kier alpha value is -1.24. The number of rotatable bonds is 0. The minimum Gasteiger partial charge on any atom is -0.364 e. The molecule has 3 aliphatic heterocycles. The van der Waals surface area contributed by atoms with Crippen LogP contribution in [0.1, 0.15) is 29.5 Å². The van der Waals surface area contributed by atoms with Crippen LogP contribution in [0.15, 0.2) is 36.0 Å². The summed E-state index contributed by atoms with van der Waals surface area (Å²) in [6, 6.07) is 9.57. The van der Waals surface area contributed by atoms with Crippen LogP contribution in [-0.4, -0.2) is 11.4 Å². The summed E-state index contributed by atoms with van der Waals surface area (Å²) in [6.45, 7) is 1.27. The second-order valence-electron chi connectivity index (χ2n) is 4.29. The third-order valence-corrected chi connectivity index (χ3v) is 3.68. The lowest BCUT2D eigenvalue weighted by Gasteiger charge is -2.40. The van der Waals surface area contributed by atoms with Crippen LogP contribution in [-0.2, 0) is 0 Å². The molecule has 1 saturated heterocycles. The van der Waals surface area contributed by atoms with Crippen LogP contribution in [0.5, 0.6) is 0 Å². The van der Waals surface area contributed by atoms with E-state index in [1.165, 1.54) is 13.0 Å². The van der Waals surface area contributed by atoms with E-state index >= 15 is 0 Å². The van der Waals surface area contributed by atoms with Crippen molar-refractivity contribution in [2.75, 3.05) is 6.54 Å². The second-order valence-corrected chi connectivity index (χ2v) is 4.29. The van der Waals surface area contributed by atoms with Crippen molar-refractivity contribution in [3.8, 4) is 0 Å². The molecule has 0 amide bonds. The number of fused-ring (bicyclic) bond motifs is 4. The maximum absolute atomic E-state index is 2.56. The van der Waals surface area contributed by atoms with Gasteiger partial charge in [-0.1, -0.05) is 24.3 Å². The molecule has 0 saturated carbocycles. The van der Waals surface area contributed by atoms with Gasteiger partial charge in [0.05, 0.1) is 6.04 Å². The average molecular weight is 169 g/mol. The Morgan fingerprint density at radius 2 is 2.00 bits per heavy atom. The molecule has 1 heteroatoms. The lowest BCUT2D eigenvalue weighted by molar-refractivity contribution is 0.268. The van der Waals surface area contributed by atoms with Gasteiger partial charge in [-0.2, -0.15) is 0 Å². The number of benzene rings is 1. The van der Waals surface area contributed by atoms with E-state index in [0.717, 1.165) is 5.92 Å². The lowest BCUT2D eigenvalue weighted by Crippen LogP contribution is -2.34. The zero-order valence-electron chi connectivity index (χ0n) is 7.40. The highest BCUT2D eigenvalue weighted by molar-refractivity contribution is 5.47. The molecule has 0 spiro atoms. The molecule has 2 unspecified atom stereocenters. The fraction of sp³-hybridized carbons (Fsp3) is 0.333. The molecule has 0 N–H and O–H groups in total. The molecular formula is C12H11N. The van der Waals surface area contributed by atoms with Crippen molar-refractivity contribution in [3.05, 3.63) is 47.2 Å². The Kier molecular flexibility index (Phi) is 0.873. The van der Waals surface area contributed by atoms with Gasteiger partial charge in [0, 0.05) is 18.2 Å². The molecular weight excluding hydrogens is 158 g/mol. The first-order valence-electron chi connectivity index (χ1n) is 4.99. The topological polar surface area (TPSA) is 3.24 Å². The SMILES string of the molecule is C1=C2CC3CN2C1c1ccccc13. The van der Waals surface area contributed by atoms with E-state index in [0.29, 0.717) is 6.04 Å². The smallest absolute Gasteiger partial charge is 0.0746 e. The maximum Gasteiger partial charge on any atom is 0.0746 e. The molecule has 1 aromatic rings. The van der Waals surface area contributed by atoms with Gasteiger partial charge in [-0.25, -0.2) is 0 Å². The number of hydrogen-bond donors (Lipinski definition) is 0. The standard InChI is InChI=1S/C12H11N/c1-2-4-11-10(3-1)8-5-9-6-12(11)13(9)7-8/h1-4,6,8,12H,5,7H2. The number of hydrogen-bond acceptors (Lipinski definition) is 1. The first kappa shape index (κ1) is 6.25. The summed E-state index contributed by atoms with van der Waals surface area (Å²) >= 11 is 0. The van der Waals surface area contributed by atoms with Gasteiger partial charge < -0.3 is 4.90 Å². The van der Waals surface area contributed by atoms with E-state index < -0.39 is 0 Å². The van der Waals surface area contributed by atoms with Gasteiger partial charge in [0.1, 0.15) is 0 Å². The third-order valence-electron chi connectivity index (χ3n) is 3.68. The molecule has 13 heavy (non-hydrogen) atoms. The first-order chi connectivity index (χ1) is 6.43. The molecule has 64 valence electrons. The van der Waals surface area contributed by atoms with E-state index in [1.807, 2.05) is 0 Å². The summed E-state index contributed by atoms with van der Waals surface area (Å²) < 4.78 is 0. The summed E-state index contributed by atoms with van der Waals surface area (Å²) in [5.41, 5.74) is 4.75. The highest BCUT2D eigenvalue weighted by Crippen LogP contribution is 2.53. The molecule has 1 aromatic carbocycles. The van der Waals surface area contributed by atoms with Gasteiger partial charge in [-0.3, -0.25) is 0 Å². The Labute approximate surface area is 77.7 Å². The van der Waals surface area contributed by atoms with E-state index in [-0.39, 0.29) is 0 Å². The van der Waals surface area contributed by atoms with Crippen LogP contribution in [0.3, 0.4) is 0 Å². The summed E-state index contributed by atoms with van der Waals surface area (Å²) in [5, 5.41) is 0. The Morgan fingerprint density at radius 3 is 2.92 bits per heavy atom. The molecule has 1 fully saturated rings. The second kappa shape index (κ2) is 1.82. The van der Waals surface area contributed by atoms with E-state index in [2.05, 4.69) is 35.2 Å². The maximum atomic E-state index is 2.56. The van der Waals surface area contributed by atoms with Crippen molar-refractivity contribution in [1.82, 2.24) is 4.90 Å². The molecule has 2 bridgehead atoms. The predicted molar refractivity (Wildman–Crippen MR) is 51.3 cm³/mol. The van der Waals surface area contributed by atoms with Gasteiger partial charge in [0.15, 0.2) is 0 Å². The van der Waals surface area contributed by atoms with Crippen molar-refractivity contribution < 1.29 is 0 Å². The molecule has 3 aliphatic rings. The predicted octanol–water partition coefficient (Wildman–Crippen LogP) is 2.43. The van der Waals surface area contributed by atoms with E-state index in [1.54, 1.807) is 16.8 Å². The van der Waals surface area contributed by atoms with Gasteiger partial charge >= 0.3 is 0 Å². The van der Waals surface area contributed by atoms with Crippen molar-refractivity contribution in [1.29, 1.82) is 0 Å². The van der Waals surface area contributed by atoms with E-state index in [4.69, 9.17) is 0 Å². The average Bonchev–Trinajstić information content (AvgIpc) is 2.33. The van der Waals surface area contributed by atoms with Crippen LogP contribution in [0.4, 0.5) is 0 Å². The molecule has 0 aliphatic carbocycles. The summed E-state index contributed by atoms with van der Waals surface area (Å²) in [6.07, 6.45) is 3.72. The van der Waals surface area contributed by atoms with Crippen LogP contribution in [0.2, 0.25) is 0 Å². The summed E-state index contributed by atoms with van der Waals surface area (Å²) in [5.74, 6) is 0.793. The monoisotopic (exact) mass is 169 g/mol. The Balaban J connectivity index is 2.03. The molecule has 0 radical (unpaired) electrons. The third kappa shape index (κ3) is 0.579. The van der Waals surface area contributed by atoms with Crippen LogP contribution in [0, 0.1) is 0 Å². The largest absolute Gasteiger partial charge is 0.364 e. The first-order valence-corrected chi connectivity index (χ1v) is 4.99.